The van der Waals surface area contributed by atoms with Gasteiger partial charge in [0.05, 0.1) is 11.2 Å². The third-order valence-corrected chi connectivity index (χ3v) is 1.43. The zero-order valence-corrected chi connectivity index (χ0v) is 6.52. The number of Topliss-reactive ketones (excluding diaryl/α,β-unsaturated/α-hetero) is 1. The van der Waals surface area contributed by atoms with Crippen molar-refractivity contribution in [2.75, 3.05) is 0 Å². The quantitative estimate of drug-likeness (QED) is 0.609. The van der Waals surface area contributed by atoms with Crippen molar-refractivity contribution in [1.82, 2.24) is 4.98 Å². The first kappa shape index (κ1) is 8.14. The summed E-state index contributed by atoms with van der Waals surface area (Å²) in [6, 6.07) is 1.06. The van der Waals surface area contributed by atoms with Crippen LogP contribution in [0.5, 0.6) is 0 Å². The molecule has 0 spiro atoms. The smallest absolute Gasteiger partial charge is 0.179 e. The average Bonchev–Trinajstić information content (AvgIpc) is 1.85. The van der Waals surface area contributed by atoms with Crippen molar-refractivity contribution < 1.29 is 9.18 Å². The molecule has 0 aliphatic carbocycles. The SMILES string of the molecule is CC(=O)c1ncc(F)cc1Cl. The lowest BCUT2D eigenvalue weighted by molar-refractivity contribution is 0.101. The molecule has 1 aromatic rings. The number of hydrogen-bond donors (Lipinski definition) is 0. The van der Waals surface area contributed by atoms with Crippen LogP contribution in [0.25, 0.3) is 0 Å². The Bertz CT molecular complexity index is 300. The molecule has 58 valence electrons. The van der Waals surface area contributed by atoms with Crippen LogP contribution in [0.2, 0.25) is 5.02 Å². The monoisotopic (exact) mass is 173 g/mol. The summed E-state index contributed by atoms with van der Waals surface area (Å²) in [4.78, 5) is 14.2. The largest absolute Gasteiger partial charge is 0.293 e. The van der Waals surface area contributed by atoms with Crippen LogP contribution in [-0.2, 0) is 0 Å². The molecule has 4 heteroatoms. The molecule has 0 aromatic carbocycles. The van der Waals surface area contributed by atoms with E-state index in [1.807, 2.05) is 0 Å². The Labute approximate surface area is 68.0 Å². The Balaban J connectivity index is 3.20. The highest BCUT2D eigenvalue weighted by molar-refractivity contribution is 6.33. The number of ketones is 1. The topological polar surface area (TPSA) is 30.0 Å². The van der Waals surface area contributed by atoms with Crippen LogP contribution >= 0.6 is 11.6 Å². The van der Waals surface area contributed by atoms with Gasteiger partial charge >= 0.3 is 0 Å². The first-order chi connectivity index (χ1) is 5.11. The summed E-state index contributed by atoms with van der Waals surface area (Å²) >= 11 is 5.50. The van der Waals surface area contributed by atoms with Gasteiger partial charge in [0, 0.05) is 6.92 Å². The van der Waals surface area contributed by atoms with Crippen LogP contribution in [0.15, 0.2) is 12.3 Å². The van der Waals surface area contributed by atoms with Crippen LogP contribution in [0, 0.1) is 5.82 Å². The van der Waals surface area contributed by atoms with Crippen molar-refractivity contribution in [3.63, 3.8) is 0 Å². The van der Waals surface area contributed by atoms with Gasteiger partial charge < -0.3 is 0 Å². The zero-order valence-electron chi connectivity index (χ0n) is 5.77. The van der Waals surface area contributed by atoms with Crippen molar-refractivity contribution in [3.8, 4) is 0 Å². The molecule has 0 N–H and O–H groups in total. The van der Waals surface area contributed by atoms with E-state index >= 15 is 0 Å². The maximum absolute atomic E-state index is 12.4. The maximum atomic E-state index is 12.4. The Kier molecular flexibility index (Phi) is 2.19. The molecule has 1 rings (SSSR count). The van der Waals surface area contributed by atoms with Gasteiger partial charge in [-0.05, 0) is 6.07 Å². The molecule has 0 unspecified atom stereocenters. The summed E-state index contributed by atoms with van der Waals surface area (Å²) in [5.74, 6) is -0.810. The third-order valence-electron chi connectivity index (χ3n) is 1.14. The highest BCUT2D eigenvalue weighted by atomic mass is 35.5. The number of hydrogen-bond acceptors (Lipinski definition) is 2. The van der Waals surface area contributed by atoms with Gasteiger partial charge in [-0.15, -0.1) is 0 Å². The fourth-order valence-electron chi connectivity index (χ4n) is 0.674. The number of carbonyl (C=O) groups excluding carboxylic acids is 1. The van der Waals surface area contributed by atoms with E-state index < -0.39 is 5.82 Å². The minimum absolute atomic E-state index is 0.0532. The highest BCUT2D eigenvalue weighted by Gasteiger charge is 2.06. The Morgan fingerprint density at radius 2 is 2.36 bits per heavy atom. The number of rotatable bonds is 1. The van der Waals surface area contributed by atoms with Crippen molar-refractivity contribution in [1.29, 1.82) is 0 Å². The Morgan fingerprint density at radius 3 is 2.82 bits per heavy atom. The molecule has 0 aliphatic rings. The predicted octanol–water partition coefficient (Wildman–Crippen LogP) is 2.08. The molecular weight excluding hydrogens is 169 g/mol. The normalized spacial score (nSPS) is 9.73. The van der Waals surface area contributed by atoms with Gasteiger partial charge in [-0.25, -0.2) is 9.37 Å². The third kappa shape index (κ3) is 1.74. The van der Waals surface area contributed by atoms with E-state index in [0.29, 0.717) is 0 Å². The van der Waals surface area contributed by atoms with E-state index in [4.69, 9.17) is 11.6 Å². The van der Waals surface area contributed by atoms with Gasteiger partial charge in [0.1, 0.15) is 11.5 Å². The highest BCUT2D eigenvalue weighted by Crippen LogP contribution is 2.14. The van der Waals surface area contributed by atoms with Crippen molar-refractivity contribution in [2.45, 2.75) is 6.92 Å². The number of nitrogens with zero attached hydrogens (tertiary/aromatic N) is 1. The number of halogens is 2. The van der Waals surface area contributed by atoms with Crippen LogP contribution in [-0.4, -0.2) is 10.8 Å². The van der Waals surface area contributed by atoms with Crippen molar-refractivity contribution in [2.24, 2.45) is 0 Å². The van der Waals surface area contributed by atoms with E-state index in [2.05, 4.69) is 4.98 Å². The lowest BCUT2D eigenvalue weighted by Gasteiger charge is -1.96. The Morgan fingerprint density at radius 1 is 1.73 bits per heavy atom. The van der Waals surface area contributed by atoms with Crippen molar-refractivity contribution in [3.05, 3.63) is 28.8 Å². The predicted molar refractivity (Wildman–Crippen MR) is 39.2 cm³/mol. The summed E-state index contributed by atoms with van der Waals surface area (Å²) in [5, 5.41) is 0.0532. The first-order valence-corrected chi connectivity index (χ1v) is 3.31. The van der Waals surface area contributed by atoms with Gasteiger partial charge in [0.15, 0.2) is 5.78 Å². The lowest BCUT2D eigenvalue weighted by atomic mass is 10.3. The standard InChI is InChI=1S/C7H5ClFNO/c1-4(11)7-6(8)2-5(9)3-10-7/h2-3H,1H3. The molecule has 11 heavy (non-hydrogen) atoms. The number of carbonyl (C=O) groups is 1. The summed E-state index contributed by atoms with van der Waals surface area (Å²) in [6.07, 6.45) is 0.961. The molecule has 0 radical (unpaired) electrons. The molecule has 0 aliphatic heterocycles. The zero-order chi connectivity index (χ0) is 8.43. The summed E-state index contributed by atoms with van der Waals surface area (Å²) < 4.78 is 12.4. The van der Waals surface area contributed by atoms with E-state index in [1.54, 1.807) is 0 Å². The van der Waals surface area contributed by atoms with Crippen LogP contribution in [0.4, 0.5) is 4.39 Å². The first-order valence-electron chi connectivity index (χ1n) is 2.93. The van der Waals surface area contributed by atoms with Crippen LogP contribution < -0.4 is 0 Å². The molecule has 0 fully saturated rings. The molecule has 0 saturated carbocycles. The summed E-state index contributed by atoms with van der Waals surface area (Å²) in [7, 11) is 0. The van der Waals surface area contributed by atoms with Gasteiger partial charge in [0.25, 0.3) is 0 Å². The Hall–Kier alpha value is -0.960. The molecular formula is C7H5ClFNO. The van der Waals surface area contributed by atoms with E-state index in [9.17, 15) is 9.18 Å². The van der Waals surface area contributed by atoms with Gasteiger partial charge in [-0.2, -0.15) is 0 Å². The molecule has 0 amide bonds. The number of aromatic nitrogens is 1. The fourth-order valence-corrected chi connectivity index (χ4v) is 0.960. The van der Waals surface area contributed by atoms with Gasteiger partial charge in [-0.1, -0.05) is 11.6 Å². The second-order valence-electron chi connectivity index (χ2n) is 2.04. The van der Waals surface area contributed by atoms with E-state index in [1.165, 1.54) is 6.92 Å². The van der Waals surface area contributed by atoms with Gasteiger partial charge in [-0.3, -0.25) is 4.79 Å². The second kappa shape index (κ2) is 2.96. The molecule has 0 saturated heterocycles. The second-order valence-corrected chi connectivity index (χ2v) is 2.45. The minimum atomic E-state index is -0.542. The van der Waals surface area contributed by atoms with E-state index in [0.717, 1.165) is 12.3 Å². The average molecular weight is 174 g/mol. The molecule has 1 heterocycles. The summed E-state index contributed by atoms with van der Waals surface area (Å²) in [6.45, 7) is 1.33. The van der Waals surface area contributed by atoms with Crippen LogP contribution in [0.1, 0.15) is 17.4 Å². The van der Waals surface area contributed by atoms with Crippen LogP contribution in [0.3, 0.4) is 0 Å². The summed E-state index contributed by atoms with van der Waals surface area (Å²) in [5.41, 5.74) is 0.105. The molecule has 0 bridgehead atoms. The molecule has 1 aromatic heterocycles. The maximum Gasteiger partial charge on any atom is 0.179 e. The van der Waals surface area contributed by atoms with Crippen molar-refractivity contribution >= 4 is 17.4 Å². The van der Waals surface area contributed by atoms with E-state index in [-0.39, 0.29) is 16.5 Å². The minimum Gasteiger partial charge on any atom is -0.293 e. The molecule has 2 nitrogen and oxygen atoms in total. The fraction of sp³-hybridized carbons (Fsp3) is 0.143. The molecule has 0 atom stereocenters. The lowest BCUT2D eigenvalue weighted by Crippen LogP contribution is -1.97. The number of pyridine rings is 1. The van der Waals surface area contributed by atoms with Gasteiger partial charge in [0.2, 0.25) is 0 Å².